The first-order valence-electron chi connectivity index (χ1n) is 10.6. The average Bonchev–Trinajstić information content (AvgIpc) is 3.53. The van der Waals surface area contributed by atoms with Crippen molar-refractivity contribution in [1.82, 2.24) is 4.98 Å². The molecule has 0 unspecified atom stereocenters. The summed E-state index contributed by atoms with van der Waals surface area (Å²) in [5.74, 6) is -0.0541. The van der Waals surface area contributed by atoms with Crippen molar-refractivity contribution < 1.29 is 18.8 Å². The number of carbonyl (C=O) groups is 3. The highest BCUT2D eigenvalue weighted by Crippen LogP contribution is 2.33. The van der Waals surface area contributed by atoms with E-state index < -0.39 is 0 Å². The van der Waals surface area contributed by atoms with Crippen molar-refractivity contribution in [3.05, 3.63) is 77.2 Å². The Kier molecular flexibility index (Phi) is 5.30. The zero-order valence-corrected chi connectivity index (χ0v) is 19.0. The van der Waals surface area contributed by atoms with Crippen molar-refractivity contribution >= 4 is 50.1 Å². The lowest BCUT2D eigenvalue weighted by Crippen LogP contribution is -2.31. The molecule has 3 amide bonds. The van der Waals surface area contributed by atoms with Gasteiger partial charge in [-0.3, -0.25) is 24.2 Å². The van der Waals surface area contributed by atoms with Crippen molar-refractivity contribution in [3.63, 3.8) is 0 Å². The second-order valence-electron chi connectivity index (χ2n) is 8.04. The third kappa shape index (κ3) is 3.93. The van der Waals surface area contributed by atoms with Gasteiger partial charge in [-0.25, -0.2) is 4.98 Å². The summed E-state index contributed by atoms with van der Waals surface area (Å²) < 4.78 is 6.50. The molecule has 0 spiro atoms. The zero-order valence-electron chi connectivity index (χ0n) is 18.2. The molecule has 0 saturated carbocycles. The molecule has 7 nitrogen and oxygen atoms in total. The van der Waals surface area contributed by atoms with Crippen LogP contribution in [0.3, 0.4) is 0 Å². The van der Waals surface area contributed by atoms with E-state index >= 15 is 0 Å². The molecule has 1 saturated heterocycles. The van der Waals surface area contributed by atoms with Crippen molar-refractivity contribution in [3.8, 4) is 0 Å². The van der Waals surface area contributed by atoms with Crippen LogP contribution in [-0.4, -0.2) is 22.7 Å². The smallest absolute Gasteiger partial charge is 0.260 e. The van der Waals surface area contributed by atoms with Gasteiger partial charge in [-0.1, -0.05) is 11.3 Å². The quantitative estimate of drug-likeness (QED) is 0.392. The summed E-state index contributed by atoms with van der Waals surface area (Å²) in [5, 5.41) is 0.574. The first-order chi connectivity index (χ1) is 15.9. The summed E-state index contributed by atoms with van der Waals surface area (Å²) in [6.45, 7) is 4.32. The van der Waals surface area contributed by atoms with E-state index in [4.69, 9.17) is 9.40 Å². The molecule has 1 aliphatic heterocycles. The summed E-state index contributed by atoms with van der Waals surface area (Å²) in [6.07, 6.45) is 2.00. The molecule has 1 fully saturated rings. The van der Waals surface area contributed by atoms with E-state index in [2.05, 4.69) is 13.0 Å². The topological polar surface area (TPSA) is 83.7 Å². The van der Waals surface area contributed by atoms with Crippen LogP contribution in [-0.2, 0) is 16.1 Å². The summed E-state index contributed by atoms with van der Waals surface area (Å²) in [6, 6.07) is 14.2. The summed E-state index contributed by atoms with van der Waals surface area (Å²) >= 11 is 1.45. The minimum absolute atomic E-state index is 0.215. The fourth-order valence-electron chi connectivity index (χ4n) is 3.84. The minimum Gasteiger partial charge on any atom is -0.467 e. The van der Waals surface area contributed by atoms with Crippen LogP contribution >= 0.6 is 11.3 Å². The van der Waals surface area contributed by atoms with E-state index in [1.165, 1.54) is 21.8 Å². The Hall–Kier alpha value is -3.78. The minimum atomic E-state index is -0.246. The number of hydrogen-bond donors (Lipinski definition) is 0. The maximum atomic E-state index is 13.5. The molecule has 166 valence electrons. The van der Waals surface area contributed by atoms with E-state index in [9.17, 15) is 14.4 Å². The summed E-state index contributed by atoms with van der Waals surface area (Å²) in [7, 11) is 0. The van der Waals surface area contributed by atoms with Crippen LogP contribution in [0.5, 0.6) is 0 Å². The molecule has 1 aliphatic rings. The second-order valence-corrected chi connectivity index (χ2v) is 9.05. The Morgan fingerprint density at radius 1 is 1.06 bits per heavy atom. The highest BCUT2D eigenvalue weighted by molar-refractivity contribution is 7.22. The average molecular weight is 460 g/mol. The molecule has 0 aliphatic carbocycles. The number of fused-ring (bicyclic) bond motifs is 1. The van der Waals surface area contributed by atoms with Crippen molar-refractivity contribution in [2.45, 2.75) is 33.2 Å². The molecule has 3 heterocycles. The maximum Gasteiger partial charge on any atom is 0.260 e. The van der Waals surface area contributed by atoms with Crippen LogP contribution in [0.25, 0.3) is 10.2 Å². The number of aryl methyl sites for hydroxylation is 2. The number of imide groups is 1. The van der Waals surface area contributed by atoms with Crippen LogP contribution in [0, 0.1) is 13.8 Å². The molecular weight excluding hydrogens is 438 g/mol. The summed E-state index contributed by atoms with van der Waals surface area (Å²) in [4.78, 5) is 45.1. The van der Waals surface area contributed by atoms with Crippen LogP contribution < -0.4 is 9.80 Å². The lowest BCUT2D eigenvalue weighted by molar-refractivity contribution is -0.121. The number of thiazole rings is 1. The lowest BCUT2D eigenvalue weighted by Gasteiger charge is -2.19. The SMILES string of the molecule is Cc1cc2nc(N(Cc3ccco3)C(=O)c3ccc(N4C(=O)CCC4=O)cc3)sc2cc1C. The molecule has 2 aromatic heterocycles. The van der Waals surface area contributed by atoms with Crippen LogP contribution in [0.2, 0.25) is 0 Å². The normalized spacial score (nSPS) is 13.8. The van der Waals surface area contributed by atoms with Gasteiger partial charge in [0.15, 0.2) is 5.13 Å². The third-order valence-corrected chi connectivity index (χ3v) is 6.83. The number of carbonyl (C=O) groups excluding carboxylic acids is 3. The van der Waals surface area contributed by atoms with Gasteiger partial charge in [0.05, 0.1) is 28.7 Å². The number of hydrogen-bond acceptors (Lipinski definition) is 6. The first kappa shape index (κ1) is 21.1. The predicted molar refractivity (Wildman–Crippen MR) is 126 cm³/mol. The molecule has 0 bridgehead atoms. The van der Waals surface area contributed by atoms with Crippen molar-refractivity contribution in [2.24, 2.45) is 0 Å². The van der Waals surface area contributed by atoms with Gasteiger partial charge in [-0.2, -0.15) is 0 Å². The predicted octanol–water partition coefficient (Wildman–Crippen LogP) is 5.01. The Morgan fingerprint density at radius 3 is 2.42 bits per heavy atom. The number of furan rings is 1. The molecule has 5 rings (SSSR count). The van der Waals surface area contributed by atoms with Gasteiger partial charge >= 0.3 is 0 Å². The molecule has 0 radical (unpaired) electrons. The van der Waals surface area contributed by atoms with Crippen molar-refractivity contribution in [1.29, 1.82) is 0 Å². The second kappa shape index (κ2) is 8.29. The largest absolute Gasteiger partial charge is 0.467 e. The number of nitrogens with zero attached hydrogens (tertiary/aromatic N) is 3. The standard InChI is InChI=1S/C25H21N3O4S/c1-15-12-20-21(13-16(15)2)33-25(26-20)27(14-19-4-3-11-32-19)24(31)17-5-7-18(8-6-17)28-22(29)9-10-23(28)30/h3-8,11-13H,9-10,14H2,1-2H3. The van der Waals surface area contributed by atoms with Crippen LogP contribution in [0.15, 0.2) is 59.2 Å². The van der Waals surface area contributed by atoms with Gasteiger partial charge in [-0.05, 0) is 73.5 Å². The summed E-state index contributed by atoms with van der Waals surface area (Å²) in [5.41, 5.74) is 4.06. The van der Waals surface area contributed by atoms with Crippen molar-refractivity contribution in [2.75, 3.05) is 9.80 Å². The first-order valence-corrected chi connectivity index (χ1v) is 11.4. The molecule has 0 N–H and O–H groups in total. The number of benzene rings is 2. The van der Waals surface area contributed by atoms with Gasteiger partial charge in [0.2, 0.25) is 11.8 Å². The fourth-order valence-corrected chi connectivity index (χ4v) is 4.88. The fraction of sp³-hybridized carbons (Fsp3) is 0.200. The molecule has 0 atom stereocenters. The Morgan fingerprint density at radius 2 is 1.76 bits per heavy atom. The van der Waals surface area contributed by atoms with Gasteiger partial charge in [-0.15, -0.1) is 0 Å². The van der Waals surface area contributed by atoms with Crippen LogP contribution in [0.4, 0.5) is 10.8 Å². The Bertz CT molecular complexity index is 1320. The Balaban J connectivity index is 1.49. The van der Waals surface area contributed by atoms with E-state index in [0.717, 1.165) is 15.8 Å². The number of amides is 3. The third-order valence-electron chi connectivity index (χ3n) is 5.79. The van der Waals surface area contributed by atoms with Gasteiger partial charge in [0.1, 0.15) is 5.76 Å². The van der Waals surface area contributed by atoms with Gasteiger partial charge < -0.3 is 4.42 Å². The molecule has 2 aromatic carbocycles. The van der Waals surface area contributed by atoms with Crippen LogP contribution in [0.1, 0.15) is 40.1 Å². The van der Waals surface area contributed by atoms with E-state index in [0.29, 0.717) is 22.1 Å². The number of anilines is 2. The highest BCUT2D eigenvalue weighted by Gasteiger charge is 2.30. The van der Waals surface area contributed by atoms with E-state index in [1.54, 1.807) is 41.5 Å². The van der Waals surface area contributed by atoms with E-state index in [1.807, 2.05) is 19.1 Å². The van der Waals surface area contributed by atoms with Gasteiger partial charge in [0, 0.05) is 18.4 Å². The number of aromatic nitrogens is 1. The highest BCUT2D eigenvalue weighted by atomic mass is 32.1. The maximum absolute atomic E-state index is 13.5. The zero-order chi connectivity index (χ0) is 23.1. The molecule has 33 heavy (non-hydrogen) atoms. The molecule has 4 aromatic rings. The monoisotopic (exact) mass is 459 g/mol. The molecule has 8 heteroatoms. The lowest BCUT2D eigenvalue weighted by atomic mass is 10.1. The van der Waals surface area contributed by atoms with Gasteiger partial charge in [0.25, 0.3) is 5.91 Å². The Labute approximate surface area is 194 Å². The number of rotatable bonds is 5. The van der Waals surface area contributed by atoms with E-state index in [-0.39, 0.29) is 37.1 Å². The molecular formula is C25H21N3O4S.